The molecule has 0 amide bonds. The van der Waals surface area contributed by atoms with Gasteiger partial charge in [-0.05, 0) is 24.6 Å². The van der Waals surface area contributed by atoms with E-state index in [1.807, 2.05) is 19.1 Å². The molecule has 1 aliphatic heterocycles. The highest BCUT2D eigenvalue weighted by molar-refractivity contribution is 6.29. The van der Waals surface area contributed by atoms with Crippen molar-refractivity contribution in [3.63, 3.8) is 0 Å². The number of rotatable bonds is 3. The van der Waals surface area contributed by atoms with Gasteiger partial charge in [0, 0.05) is 25.2 Å². The van der Waals surface area contributed by atoms with Crippen molar-refractivity contribution in [2.75, 3.05) is 19.7 Å². The zero-order valence-corrected chi connectivity index (χ0v) is 10.4. The van der Waals surface area contributed by atoms with Gasteiger partial charge in [-0.1, -0.05) is 11.6 Å². The Kier molecular flexibility index (Phi) is 3.97. The van der Waals surface area contributed by atoms with E-state index in [0.717, 1.165) is 12.1 Å². The van der Waals surface area contributed by atoms with Crippen molar-refractivity contribution in [2.24, 2.45) is 5.92 Å². The average molecular weight is 255 g/mol. The standard InChI is InChI=1S/C12H15ClN2O2/c1-2-17-12(16)10-7-14-6-9(10)8-3-4-15-11(13)5-8/h3-5,9-10,14H,2,6-7H2,1H3. The summed E-state index contributed by atoms with van der Waals surface area (Å²) in [5.41, 5.74) is 1.04. The first kappa shape index (κ1) is 12.3. The van der Waals surface area contributed by atoms with Crippen molar-refractivity contribution in [1.29, 1.82) is 0 Å². The van der Waals surface area contributed by atoms with Gasteiger partial charge in [0.1, 0.15) is 5.15 Å². The molecule has 1 fully saturated rings. The third-order valence-electron chi connectivity index (χ3n) is 2.98. The van der Waals surface area contributed by atoms with Crippen LogP contribution in [0.1, 0.15) is 18.4 Å². The topological polar surface area (TPSA) is 51.2 Å². The Morgan fingerprint density at radius 2 is 2.47 bits per heavy atom. The lowest BCUT2D eigenvalue weighted by molar-refractivity contribution is -0.147. The summed E-state index contributed by atoms with van der Waals surface area (Å²) in [6, 6.07) is 3.71. The maximum Gasteiger partial charge on any atom is 0.310 e. The van der Waals surface area contributed by atoms with Crippen LogP contribution in [-0.4, -0.2) is 30.6 Å². The highest BCUT2D eigenvalue weighted by Crippen LogP contribution is 2.29. The molecule has 4 nitrogen and oxygen atoms in total. The molecular weight excluding hydrogens is 240 g/mol. The highest BCUT2D eigenvalue weighted by atomic mass is 35.5. The van der Waals surface area contributed by atoms with Crippen LogP contribution in [0.5, 0.6) is 0 Å². The van der Waals surface area contributed by atoms with E-state index >= 15 is 0 Å². The zero-order valence-electron chi connectivity index (χ0n) is 9.65. The summed E-state index contributed by atoms with van der Waals surface area (Å²) in [4.78, 5) is 15.7. The molecule has 0 aromatic carbocycles. The lowest BCUT2D eigenvalue weighted by Crippen LogP contribution is -2.24. The van der Waals surface area contributed by atoms with E-state index in [4.69, 9.17) is 16.3 Å². The third kappa shape index (κ3) is 2.76. The second-order valence-electron chi connectivity index (χ2n) is 4.04. The molecule has 1 aliphatic rings. The Morgan fingerprint density at radius 3 is 3.18 bits per heavy atom. The van der Waals surface area contributed by atoms with E-state index in [1.54, 1.807) is 6.20 Å². The van der Waals surface area contributed by atoms with E-state index in [0.29, 0.717) is 18.3 Å². The van der Waals surface area contributed by atoms with Crippen LogP contribution >= 0.6 is 11.6 Å². The van der Waals surface area contributed by atoms with Crippen LogP contribution in [0.3, 0.4) is 0 Å². The maximum absolute atomic E-state index is 11.8. The molecule has 2 unspecified atom stereocenters. The Balaban J connectivity index is 2.17. The summed E-state index contributed by atoms with van der Waals surface area (Å²) in [7, 11) is 0. The van der Waals surface area contributed by atoms with Crippen LogP contribution in [-0.2, 0) is 9.53 Å². The van der Waals surface area contributed by atoms with Gasteiger partial charge in [-0.25, -0.2) is 4.98 Å². The SMILES string of the molecule is CCOC(=O)C1CNCC1c1ccnc(Cl)c1. The van der Waals surface area contributed by atoms with E-state index in [2.05, 4.69) is 10.3 Å². The van der Waals surface area contributed by atoms with Crippen LogP contribution in [0.2, 0.25) is 5.15 Å². The lowest BCUT2D eigenvalue weighted by atomic mass is 9.89. The van der Waals surface area contributed by atoms with E-state index in [-0.39, 0.29) is 17.8 Å². The number of carbonyl (C=O) groups excluding carboxylic acids is 1. The van der Waals surface area contributed by atoms with Gasteiger partial charge in [0.2, 0.25) is 0 Å². The first-order valence-corrected chi connectivity index (χ1v) is 6.09. The van der Waals surface area contributed by atoms with E-state index in [1.165, 1.54) is 0 Å². The Bertz CT molecular complexity index is 411. The first-order valence-electron chi connectivity index (χ1n) is 5.71. The fourth-order valence-electron chi connectivity index (χ4n) is 2.17. The van der Waals surface area contributed by atoms with Crippen molar-refractivity contribution in [3.8, 4) is 0 Å². The highest BCUT2D eigenvalue weighted by Gasteiger charge is 2.35. The second-order valence-corrected chi connectivity index (χ2v) is 4.42. The summed E-state index contributed by atoms with van der Waals surface area (Å²) >= 11 is 5.86. The summed E-state index contributed by atoms with van der Waals surface area (Å²) in [5.74, 6) is -0.154. The van der Waals surface area contributed by atoms with E-state index < -0.39 is 0 Å². The molecule has 0 aliphatic carbocycles. The number of halogens is 1. The molecular formula is C12H15ClN2O2. The molecule has 2 heterocycles. The van der Waals surface area contributed by atoms with Crippen molar-refractivity contribution in [2.45, 2.75) is 12.8 Å². The van der Waals surface area contributed by atoms with Gasteiger partial charge < -0.3 is 10.1 Å². The molecule has 2 atom stereocenters. The van der Waals surface area contributed by atoms with Gasteiger partial charge in [-0.2, -0.15) is 0 Å². The molecule has 17 heavy (non-hydrogen) atoms. The number of carbonyl (C=O) groups is 1. The predicted molar refractivity (Wildman–Crippen MR) is 65.0 cm³/mol. The van der Waals surface area contributed by atoms with Crippen LogP contribution in [0.25, 0.3) is 0 Å². The summed E-state index contributed by atoms with van der Waals surface area (Å²) in [5, 5.41) is 3.67. The predicted octanol–water partition coefficient (Wildman–Crippen LogP) is 1.60. The molecule has 1 aromatic rings. The number of hydrogen-bond acceptors (Lipinski definition) is 4. The minimum Gasteiger partial charge on any atom is -0.466 e. The first-order chi connectivity index (χ1) is 8.22. The molecule has 1 saturated heterocycles. The molecule has 1 aromatic heterocycles. The molecule has 5 heteroatoms. The number of nitrogens with zero attached hydrogens (tertiary/aromatic N) is 1. The molecule has 2 rings (SSSR count). The number of esters is 1. The molecule has 0 radical (unpaired) electrons. The maximum atomic E-state index is 11.8. The van der Waals surface area contributed by atoms with Crippen molar-refractivity contribution >= 4 is 17.6 Å². The average Bonchev–Trinajstić information content (AvgIpc) is 2.78. The summed E-state index contributed by atoms with van der Waals surface area (Å²) < 4.78 is 5.08. The molecule has 0 saturated carbocycles. The second kappa shape index (κ2) is 5.47. The quantitative estimate of drug-likeness (QED) is 0.658. The smallest absolute Gasteiger partial charge is 0.310 e. The fraction of sp³-hybridized carbons (Fsp3) is 0.500. The van der Waals surface area contributed by atoms with Gasteiger partial charge in [0.05, 0.1) is 12.5 Å². The monoisotopic (exact) mass is 254 g/mol. The minimum absolute atomic E-state index is 0.120. The van der Waals surface area contributed by atoms with E-state index in [9.17, 15) is 4.79 Å². The Morgan fingerprint density at radius 1 is 1.65 bits per heavy atom. The third-order valence-corrected chi connectivity index (χ3v) is 3.19. The Labute approximate surface area is 105 Å². The number of aromatic nitrogens is 1. The van der Waals surface area contributed by atoms with Gasteiger partial charge in [-0.15, -0.1) is 0 Å². The number of nitrogens with one attached hydrogen (secondary N) is 1. The minimum atomic E-state index is -0.143. The van der Waals surface area contributed by atoms with Crippen LogP contribution in [0.4, 0.5) is 0 Å². The molecule has 1 N–H and O–H groups in total. The number of hydrogen-bond donors (Lipinski definition) is 1. The van der Waals surface area contributed by atoms with Crippen LogP contribution in [0.15, 0.2) is 18.3 Å². The van der Waals surface area contributed by atoms with Crippen LogP contribution < -0.4 is 5.32 Å². The molecule has 0 spiro atoms. The summed E-state index contributed by atoms with van der Waals surface area (Å²) in [6.07, 6.45) is 1.66. The molecule has 0 bridgehead atoms. The van der Waals surface area contributed by atoms with Crippen LogP contribution in [0, 0.1) is 5.92 Å². The lowest BCUT2D eigenvalue weighted by Gasteiger charge is -2.17. The van der Waals surface area contributed by atoms with Crippen molar-refractivity contribution in [1.82, 2.24) is 10.3 Å². The van der Waals surface area contributed by atoms with Crippen molar-refractivity contribution in [3.05, 3.63) is 29.0 Å². The van der Waals surface area contributed by atoms with Gasteiger partial charge >= 0.3 is 5.97 Å². The summed E-state index contributed by atoms with van der Waals surface area (Å²) in [6.45, 7) is 3.66. The number of pyridine rings is 1. The van der Waals surface area contributed by atoms with Crippen molar-refractivity contribution < 1.29 is 9.53 Å². The van der Waals surface area contributed by atoms with Gasteiger partial charge in [0.25, 0.3) is 0 Å². The zero-order chi connectivity index (χ0) is 12.3. The molecule has 92 valence electrons. The largest absolute Gasteiger partial charge is 0.466 e. The van der Waals surface area contributed by atoms with Gasteiger partial charge in [-0.3, -0.25) is 4.79 Å². The Hall–Kier alpha value is -1.13. The fourth-order valence-corrected chi connectivity index (χ4v) is 2.36. The number of ether oxygens (including phenoxy) is 1. The normalized spacial score (nSPS) is 23.6. The van der Waals surface area contributed by atoms with Gasteiger partial charge in [0.15, 0.2) is 0 Å².